The van der Waals surface area contributed by atoms with Crippen molar-refractivity contribution in [1.82, 2.24) is 9.97 Å². The van der Waals surface area contributed by atoms with E-state index in [2.05, 4.69) is 20.6 Å². The second-order valence-electron chi connectivity index (χ2n) is 13.5. The van der Waals surface area contributed by atoms with E-state index in [0.717, 1.165) is 73.9 Å². The Morgan fingerprint density at radius 1 is 0.632 bits per heavy atom. The van der Waals surface area contributed by atoms with E-state index < -0.39 is 20.2 Å². The van der Waals surface area contributed by atoms with Crippen LogP contribution < -0.4 is 20.1 Å². The maximum atomic E-state index is 9.19. The van der Waals surface area contributed by atoms with Gasteiger partial charge in [0.15, 0.2) is 0 Å². The Bertz CT molecular complexity index is 2170. The smallest absolute Gasteiger partial charge is 0.261 e. The molecule has 302 valence electrons. The molecular formula is C40H46N6O9S2. The molecule has 0 amide bonds. The lowest BCUT2D eigenvalue weighted by Gasteiger charge is -2.18. The van der Waals surface area contributed by atoms with Gasteiger partial charge in [-0.15, -0.1) is 0 Å². The van der Waals surface area contributed by atoms with E-state index in [-0.39, 0.29) is 23.9 Å². The fraction of sp³-hybridized carbons (Fsp3) is 0.300. The molecule has 2 aliphatic carbocycles. The van der Waals surface area contributed by atoms with Gasteiger partial charge in [0.25, 0.3) is 20.2 Å². The fourth-order valence-electron chi connectivity index (χ4n) is 6.24. The number of nitrogens with one attached hydrogen (secondary N) is 4. The van der Waals surface area contributed by atoms with Gasteiger partial charge < -0.3 is 24.5 Å². The van der Waals surface area contributed by atoms with Gasteiger partial charge in [-0.2, -0.15) is 16.8 Å². The number of furan rings is 1. The molecule has 15 nitrogen and oxygen atoms in total. The molecule has 2 saturated carbocycles. The van der Waals surface area contributed by atoms with Gasteiger partial charge in [-0.3, -0.25) is 29.9 Å². The predicted octanol–water partition coefficient (Wildman–Crippen LogP) is 7.93. The van der Waals surface area contributed by atoms with Crippen LogP contribution in [0.3, 0.4) is 0 Å². The normalized spacial score (nSPS) is 14.4. The zero-order valence-electron chi connectivity index (χ0n) is 31.5. The molecule has 6 N–H and O–H groups in total. The van der Waals surface area contributed by atoms with E-state index in [4.69, 9.17) is 33.8 Å². The van der Waals surface area contributed by atoms with Crippen molar-refractivity contribution in [1.29, 1.82) is 10.8 Å². The predicted molar refractivity (Wildman–Crippen MR) is 220 cm³/mol. The monoisotopic (exact) mass is 818 g/mol. The first-order chi connectivity index (χ1) is 27.1. The van der Waals surface area contributed by atoms with E-state index in [0.29, 0.717) is 46.9 Å². The number of ether oxygens (including phenoxy) is 2. The van der Waals surface area contributed by atoms with Crippen molar-refractivity contribution < 1.29 is 39.8 Å². The van der Waals surface area contributed by atoms with E-state index in [1.54, 1.807) is 12.4 Å². The number of rotatable bonds is 10. The maximum absolute atomic E-state index is 9.19. The second kappa shape index (κ2) is 19.5. The fourth-order valence-corrected chi connectivity index (χ4v) is 6.24. The molecule has 0 aliphatic heterocycles. The lowest BCUT2D eigenvalue weighted by atomic mass is 10.1. The van der Waals surface area contributed by atoms with Crippen LogP contribution in [0.15, 0.2) is 102 Å². The number of amidine groups is 2. The van der Waals surface area contributed by atoms with Crippen molar-refractivity contribution >= 4 is 43.3 Å². The first-order valence-corrected chi connectivity index (χ1v) is 21.9. The summed E-state index contributed by atoms with van der Waals surface area (Å²) in [4.78, 5) is 8.58. The van der Waals surface area contributed by atoms with Crippen LogP contribution in [0.5, 0.6) is 11.5 Å². The molecule has 3 heterocycles. The minimum atomic E-state index is -3.67. The van der Waals surface area contributed by atoms with Crippen molar-refractivity contribution in [3.05, 3.63) is 109 Å². The zero-order valence-corrected chi connectivity index (χ0v) is 33.1. The third-order valence-electron chi connectivity index (χ3n) is 8.67. The number of hydrogen-bond donors (Lipinski definition) is 6. The topological polar surface area (TPSA) is 238 Å². The van der Waals surface area contributed by atoms with Crippen molar-refractivity contribution in [2.75, 3.05) is 23.1 Å². The molecule has 3 aromatic heterocycles. The molecule has 17 heteroatoms. The molecule has 0 radical (unpaired) electrons. The molecule has 0 saturated heterocycles. The van der Waals surface area contributed by atoms with Crippen LogP contribution >= 0.6 is 0 Å². The lowest BCUT2D eigenvalue weighted by Crippen LogP contribution is -2.15. The van der Waals surface area contributed by atoms with Crippen LogP contribution in [0.4, 0.5) is 11.4 Å². The zero-order chi connectivity index (χ0) is 41.0. The summed E-state index contributed by atoms with van der Waals surface area (Å²) in [6.07, 6.45) is 13.8. The average Bonchev–Trinajstić information content (AvgIpc) is 3.96. The summed E-state index contributed by atoms with van der Waals surface area (Å²) >= 11 is 0. The maximum Gasteiger partial charge on any atom is 0.261 e. The Balaban J connectivity index is 0.000000554. The molecule has 2 fully saturated rings. The van der Waals surface area contributed by atoms with Crippen LogP contribution in [0.2, 0.25) is 0 Å². The molecule has 5 aromatic rings. The molecule has 0 atom stereocenters. The van der Waals surface area contributed by atoms with Gasteiger partial charge in [-0.05, 0) is 112 Å². The van der Waals surface area contributed by atoms with Gasteiger partial charge in [-0.25, -0.2) is 0 Å². The minimum Gasteiger partial charge on any atom is -0.490 e. The van der Waals surface area contributed by atoms with Gasteiger partial charge in [-0.1, -0.05) is 12.1 Å². The number of benzene rings is 2. The van der Waals surface area contributed by atoms with Crippen LogP contribution in [-0.4, -0.2) is 72.3 Å². The summed E-state index contributed by atoms with van der Waals surface area (Å²) in [7, 11) is -7.33. The average molecular weight is 819 g/mol. The molecule has 0 unspecified atom stereocenters. The lowest BCUT2D eigenvalue weighted by molar-refractivity contribution is 0.210. The van der Waals surface area contributed by atoms with Crippen LogP contribution in [0.25, 0.3) is 22.6 Å². The quantitative estimate of drug-likeness (QED) is 0.0446. The molecule has 0 bridgehead atoms. The molecule has 2 aliphatic rings. The second-order valence-corrected chi connectivity index (χ2v) is 16.5. The Kier molecular flexibility index (Phi) is 14.5. The van der Waals surface area contributed by atoms with Gasteiger partial charge in [0.1, 0.15) is 46.1 Å². The molecule has 57 heavy (non-hydrogen) atoms. The van der Waals surface area contributed by atoms with Crippen LogP contribution in [0, 0.1) is 10.8 Å². The van der Waals surface area contributed by atoms with Crippen LogP contribution in [-0.2, 0) is 20.2 Å². The minimum absolute atomic E-state index is 0.143. The van der Waals surface area contributed by atoms with Gasteiger partial charge in [0, 0.05) is 35.9 Å². The van der Waals surface area contributed by atoms with Gasteiger partial charge in [0.2, 0.25) is 0 Å². The highest BCUT2D eigenvalue weighted by Gasteiger charge is 2.23. The Morgan fingerprint density at radius 3 is 1.33 bits per heavy atom. The van der Waals surface area contributed by atoms with Crippen molar-refractivity contribution in [3.63, 3.8) is 0 Å². The van der Waals surface area contributed by atoms with Gasteiger partial charge >= 0.3 is 0 Å². The Morgan fingerprint density at radius 2 is 1.00 bits per heavy atom. The molecule has 2 aromatic carbocycles. The van der Waals surface area contributed by atoms with Gasteiger partial charge in [0.05, 0.1) is 35.8 Å². The van der Waals surface area contributed by atoms with Crippen molar-refractivity contribution in [3.8, 4) is 34.1 Å². The summed E-state index contributed by atoms with van der Waals surface area (Å²) in [5.74, 6) is 3.23. The largest absolute Gasteiger partial charge is 0.490 e. The number of pyridine rings is 2. The SMILES string of the molecule is CS(=O)(=O)O.CS(=O)(=O)O.N=C(Nc1ccc(-c2ccc(-c3ccc(NC(=N)c4ccccn4)cc3OC3CCCC3)o2)c(OC2CCCC2)c1)c1ccccn1. The van der Waals surface area contributed by atoms with Crippen LogP contribution in [0.1, 0.15) is 62.8 Å². The molecule has 0 spiro atoms. The summed E-state index contributed by atoms with van der Waals surface area (Å²) in [6, 6.07) is 26.7. The van der Waals surface area contributed by atoms with E-state index >= 15 is 0 Å². The number of anilines is 2. The standard InChI is InChI=1S/C38H38N6O3.2CH4O3S/c39-37(31-13-5-7-21-41-31)43-25-15-17-29(35(23-25)45-27-9-1-2-10-27)33-19-20-34(47-33)30-18-16-26(24-36(30)46-28-11-3-4-12-28)44-38(40)32-14-6-8-22-42-32;2*1-5(2,3)4/h5-8,13-24,27-28H,1-4,9-12H2,(H2,39,43)(H2,40,44);2*1H3,(H,2,3,4). The number of aromatic nitrogens is 2. The summed E-state index contributed by atoms with van der Waals surface area (Å²) < 4.78 is 71.4. The Hall–Kier alpha value is -5.62. The third kappa shape index (κ3) is 14.1. The number of hydrogen-bond acceptors (Lipinski definition) is 11. The highest BCUT2D eigenvalue weighted by molar-refractivity contribution is 7.85. The Labute approximate surface area is 332 Å². The highest BCUT2D eigenvalue weighted by Crippen LogP contribution is 2.41. The first-order valence-electron chi connectivity index (χ1n) is 18.2. The van der Waals surface area contributed by atoms with Crippen molar-refractivity contribution in [2.24, 2.45) is 0 Å². The number of nitrogens with zero attached hydrogens (tertiary/aromatic N) is 2. The van der Waals surface area contributed by atoms with E-state index in [9.17, 15) is 16.8 Å². The first kappa shape index (κ1) is 42.5. The summed E-state index contributed by atoms with van der Waals surface area (Å²) in [5, 5.41) is 23.4. The van der Waals surface area contributed by atoms with E-state index in [1.807, 2.05) is 84.9 Å². The highest BCUT2D eigenvalue weighted by atomic mass is 32.2. The summed E-state index contributed by atoms with van der Waals surface area (Å²) in [5.41, 5.74) is 4.32. The molecule has 7 rings (SSSR count). The third-order valence-corrected chi connectivity index (χ3v) is 8.67. The van der Waals surface area contributed by atoms with E-state index in [1.165, 1.54) is 0 Å². The molecular weight excluding hydrogens is 773 g/mol. The van der Waals surface area contributed by atoms with Crippen molar-refractivity contribution in [2.45, 2.75) is 63.6 Å². The summed E-state index contributed by atoms with van der Waals surface area (Å²) in [6.45, 7) is 0.